The summed E-state index contributed by atoms with van der Waals surface area (Å²) in [6.07, 6.45) is 3.31. The molecule has 2 heterocycles. The molecule has 1 aromatic heterocycles. The largest absolute Gasteiger partial charge is 0.396 e. The van der Waals surface area contributed by atoms with E-state index in [1.54, 1.807) is 4.90 Å². The van der Waals surface area contributed by atoms with E-state index >= 15 is 0 Å². The number of hydrogen-bond acceptors (Lipinski definition) is 4. The van der Waals surface area contributed by atoms with E-state index in [-0.39, 0.29) is 18.6 Å². The molecule has 142 valence electrons. The van der Waals surface area contributed by atoms with Gasteiger partial charge in [0.05, 0.1) is 6.26 Å². The first-order chi connectivity index (χ1) is 11.8. The number of aliphatic hydroxyl groups excluding tert-OH is 1. The number of carbonyl (C=O) groups excluding carboxylic acids is 1. The maximum Gasteiger partial charge on any atom is 0.245 e. The number of aliphatic hydroxyl groups is 1. The first kappa shape index (κ1) is 19.9. The Hall–Kier alpha value is -1.38. The Bertz CT molecular complexity index is 671. The molecule has 0 saturated carbocycles. The van der Waals surface area contributed by atoms with Gasteiger partial charge < -0.3 is 14.6 Å². The predicted molar refractivity (Wildman–Crippen MR) is 96.9 cm³/mol. The summed E-state index contributed by atoms with van der Waals surface area (Å²) in [5.74, 6) is 0.0356. The lowest BCUT2D eigenvalue weighted by Crippen LogP contribution is -2.52. The third-order valence-electron chi connectivity index (χ3n) is 4.83. The van der Waals surface area contributed by atoms with Gasteiger partial charge >= 0.3 is 0 Å². The molecule has 1 aromatic rings. The summed E-state index contributed by atoms with van der Waals surface area (Å²) >= 11 is 0. The second-order valence-corrected chi connectivity index (χ2v) is 8.69. The van der Waals surface area contributed by atoms with Crippen molar-refractivity contribution in [2.45, 2.75) is 39.2 Å². The molecule has 0 aromatic carbocycles. The van der Waals surface area contributed by atoms with E-state index in [1.807, 2.05) is 26.0 Å². The van der Waals surface area contributed by atoms with Crippen LogP contribution in [0.1, 0.15) is 36.7 Å². The van der Waals surface area contributed by atoms with Crippen LogP contribution in [-0.2, 0) is 14.8 Å². The van der Waals surface area contributed by atoms with Crippen molar-refractivity contribution in [3.8, 4) is 0 Å². The summed E-state index contributed by atoms with van der Waals surface area (Å²) in [4.78, 5) is 14.9. The number of unbranched alkanes of at least 4 members (excludes halogenated alkanes) is 1. The van der Waals surface area contributed by atoms with Crippen molar-refractivity contribution in [3.63, 3.8) is 0 Å². The summed E-state index contributed by atoms with van der Waals surface area (Å²) in [5.41, 5.74) is 2.07. The van der Waals surface area contributed by atoms with Crippen molar-refractivity contribution in [1.82, 2.24) is 13.8 Å². The van der Waals surface area contributed by atoms with Crippen molar-refractivity contribution >= 4 is 15.9 Å². The quantitative estimate of drug-likeness (QED) is 0.722. The molecule has 8 heteroatoms. The van der Waals surface area contributed by atoms with Gasteiger partial charge in [-0.1, -0.05) is 0 Å². The molecule has 25 heavy (non-hydrogen) atoms. The zero-order valence-corrected chi connectivity index (χ0v) is 16.1. The highest BCUT2D eigenvalue weighted by atomic mass is 32.2. The van der Waals surface area contributed by atoms with Gasteiger partial charge in [0.15, 0.2) is 0 Å². The van der Waals surface area contributed by atoms with Crippen LogP contribution >= 0.6 is 0 Å². The highest BCUT2D eigenvalue weighted by Crippen LogP contribution is 2.24. The average Bonchev–Trinajstić information content (AvgIpc) is 2.89. The molecule has 0 spiro atoms. The fourth-order valence-electron chi connectivity index (χ4n) is 3.43. The van der Waals surface area contributed by atoms with Crippen LogP contribution in [0, 0.1) is 13.8 Å². The van der Waals surface area contributed by atoms with Crippen LogP contribution < -0.4 is 0 Å². The van der Waals surface area contributed by atoms with Gasteiger partial charge in [-0.15, -0.1) is 0 Å². The third-order valence-corrected chi connectivity index (χ3v) is 6.13. The maximum absolute atomic E-state index is 13.1. The van der Waals surface area contributed by atoms with Crippen LogP contribution in [-0.4, -0.2) is 72.2 Å². The first-order valence-electron chi connectivity index (χ1n) is 8.75. The highest BCUT2D eigenvalue weighted by Gasteiger charge is 2.31. The molecule has 1 saturated heterocycles. The topological polar surface area (TPSA) is 82.8 Å². The Kier molecular flexibility index (Phi) is 6.65. The number of nitrogens with zero attached hydrogens (tertiary/aromatic N) is 3. The van der Waals surface area contributed by atoms with E-state index in [0.717, 1.165) is 17.8 Å². The average molecular weight is 372 g/mol. The number of carbonyl (C=O) groups is 1. The number of piperazine rings is 1. The summed E-state index contributed by atoms with van der Waals surface area (Å²) in [5, 5.41) is 9.05. The van der Waals surface area contributed by atoms with Crippen molar-refractivity contribution in [1.29, 1.82) is 0 Å². The summed E-state index contributed by atoms with van der Waals surface area (Å²) in [7, 11) is -3.21. The Morgan fingerprint density at radius 1 is 1.12 bits per heavy atom. The highest BCUT2D eigenvalue weighted by molar-refractivity contribution is 7.88. The molecule has 0 aliphatic carbocycles. The van der Waals surface area contributed by atoms with E-state index in [0.29, 0.717) is 39.0 Å². The van der Waals surface area contributed by atoms with E-state index in [1.165, 1.54) is 10.6 Å². The third kappa shape index (κ3) is 4.83. The molecule has 1 aliphatic rings. The number of rotatable bonds is 7. The number of sulfonamides is 1. The van der Waals surface area contributed by atoms with Crippen molar-refractivity contribution in [2.75, 3.05) is 39.0 Å². The molecule has 1 aliphatic heterocycles. The van der Waals surface area contributed by atoms with Crippen molar-refractivity contribution < 1.29 is 18.3 Å². The minimum absolute atomic E-state index is 0.0356. The lowest BCUT2D eigenvalue weighted by molar-refractivity contribution is -0.136. The second-order valence-electron chi connectivity index (χ2n) is 6.71. The number of hydrogen-bond donors (Lipinski definition) is 1. The Labute approximate surface area is 150 Å². The molecule has 1 fully saturated rings. The molecule has 0 bridgehead atoms. The summed E-state index contributed by atoms with van der Waals surface area (Å²) in [6.45, 7) is 5.62. The molecular formula is C17H29N3O4S. The fraction of sp³-hybridized carbons (Fsp3) is 0.706. The van der Waals surface area contributed by atoms with Crippen LogP contribution in [0.25, 0.3) is 0 Å². The van der Waals surface area contributed by atoms with Crippen molar-refractivity contribution in [3.05, 3.63) is 23.5 Å². The monoisotopic (exact) mass is 371 g/mol. The van der Waals surface area contributed by atoms with Crippen LogP contribution in [0.5, 0.6) is 0 Å². The first-order valence-corrected chi connectivity index (χ1v) is 10.6. The normalized spacial score (nSPS) is 17.7. The lowest BCUT2D eigenvalue weighted by Gasteiger charge is -2.36. The minimum atomic E-state index is -3.21. The zero-order valence-electron chi connectivity index (χ0n) is 15.3. The van der Waals surface area contributed by atoms with E-state index in [4.69, 9.17) is 5.11 Å². The van der Waals surface area contributed by atoms with Gasteiger partial charge in [0.1, 0.15) is 6.04 Å². The van der Waals surface area contributed by atoms with E-state index in [9.17, 15) is 13.2 Å². The van der Waals surface area contributed by atoms with E-state index in [2.05, 4.69) is 4.57 Å². The van der Waals surface area contributed by atoms with Gasteiger partial charge in [-0.25, -0.2) is 8.42 Å². The summed E-state index contributed by atoms with van der Waals surface area (Å²) < 4.78 is 26.8. The molecule has 2 rings (SSSR count). The molecule has 0 radical (unpaired) electrons. The second kappa shape index (κ2) is 8.33. The van der Waals surface area contributed by atoms with Gasteiger partial charge in [0.25, 0.3) is 0 Å². The standard InChI is InChI=1S/C17H29N3O4S/c1-14-7-8-15(2)20(14)16(6-4-5-13-21)17(22)18-9-11-19(12-10-18)25(3,23)24/h7-8,16,21H,4-6,9-13H2,1-3H3. The number of amides is 1. The number of aromatic nitrogens is 1. The molecule has 1 amide bonds. The molecule has 7 nitrogen and oxygen atoms in total. The van der Waals surface area contributed by atoms with Crippen LogP contribution in [0.3, 0.4) is 0 Å². The van der Waals surface area contributed by atoms with Gasteiger partial charge in [0, 0.05) is 44.2 Å². The minimum Gasteiger partial charge on any atom is -0.396 e. The lowest BCUT2D eigenvalue weighted by atomic mass is 10.1. The van der Waals surface area contributed by atoms with Gasteiger partial charge in [-0.3, -0.25) is 4.79 Å². The van der Waals surface area contributed by atoms with Crippen LogP contribution in [0.2, 0.25) is 0 Å². The van der Waals surface area contributed by atoms with Gasteiger partial charge in [-0.05, 0) is 45.2 Å². The van der Waals surface area contributed by atoms with Crippen LogP contribution in [0.15, 0.2) is 12.1 Å². The summed E-state index contributed by atoms with van der Waals surface area (Å²) in [6, 6.07) is 3.71. The zero-order chi connectivity index (χ0) is 18.6. The van der Waals surface area contributed by atoms with Gasteiger partial charge in [-0.2, -0.15) is 4.31 Å². The van der Waals surface area contributed by atoms with Gasteiger partial charge in [0.2, 0.25) is 15.9 Å². The SMILES string of the molecule is Cc1ccc(C)n1C(CCCCO)C(=O)N1CCN(S(C)(=O)=O)CC1. The Morgan fingerprint density at radius 2 is 1.68 bits per heavy atom. The molecular weight excluding hydrogens is 342 g/mol. The maximum atomic E-state index is 13.1. The molecule has 1 atom stereocenters. The fourth-order valence-corrected chi connectivity index (χ4v) is 4.26. The van der Waals surface area contributed by atoms with Crippen molar-refractivity contribution in [2.24, 2.45) is 0 Å². The molecule has 1 N–H and O–H groups in total. The Morgan fingerprint density at radius 3 is 2.16 bits per heavy atom. The van der Waals surface area contributed by atoms with E-state index < -0.39 is 10.0 Å². The number of aryl methyl sites for hydroxylation is 2. The smallest absolute Gasteiger partial charge is 0.245 e. The molecule has 1 unspecified atom stereocenters. The Balaban J connectivity index is 2.13. The predicted octanol–water partition coefficient (Wildman–Crippen LogP) is 0.912. The van der Waals surface area contributed by atoms with Crippen LogP contribution in [0.4, 0.5) is 0 Å².